The molecule has 0 spiro atoms. The highest BCUT2D eigenvalue weighted by Gasteiger charge is 2.30. The molecular formula is C22H19F3N2O2. The summed E-state index contributed by atoms with van der Waals surface area (Å²) < 4.78 is 40.0. The summed E-state index contributed by atoms with van der Waals surface area (Å²) in [6, 6.07) is 14.9. The second-order valence-corrected chi connectivity index (χ2v) is 6.77. The standard InChI is InChI=1S/C22H19F3N2O2/c1-14-6-8-15(9-7-14)21(29)19-11-10-18(27(19)2)13-20(28)26-17-5-3-4-16(12-17)22(23,24)25/h3-12H,13H2,1-2H3,(H,26,28). The van der Waals surface area contributed by atoms with Crippen molar-refractivity contribution < 1.29 is 22.8 Å². The van der Waals surface area contributed by atoms with E-state index >= 15 is 0 Å². The molecule has 3 rings (SSSR count). The fourth-order valence-corrected chi connectivity index (χ4v) is 2.95. The molecule has 0 aliphatic carbocycles. The van der Waals surface area contributed by atoms with E-state index in [0.717, 1.165) is 17.7 Å². The summed E-state index contributed by atoms with van der Waals surface area (Å²) in [6.45, 7) is 1.93. The molecule has 0 aliphatic heterocycles. The molecule has 2 aromatic carbocycles. The Balaban J connectivity index is 1.72. The van der Waals surface area contributed by atoms with Crippen LogP contribution in [0.2, 0.25) is 0 Å². The number of nitrogens with one attached hydrogen (secondary N) is 1. The zero-order valence-corrected chi connectivity index (χ0v) is 15.9. The maximum atomic E-state index is 12.8. The molecule has 1 N–H and O–H groups in total. The van der Waals surface area contributed by atoms with Crippen molar-refractivity contribution in [3.8, 4) is 0 Å². The highest BCUT2D eigenvalue weighted by atomic mass is 19.4. The van der Waals surface area contributed by atoms with Gasteiger partial charge in [-0.25, -0.2) is 0 Å². The van der Waals surface area contributed by atoms with Crippen molar-refractivity contribution >= 4 is 17.4 Å². The topological polar surface area (TPSA) is 51.1 Å². The van der Waals surface area contributed by atoms with Gasteiger partial charge in [-0.3, -0.25) is 9.59 Å². The lowest BCUT2D eigenvalue weighted by Crippen LogP contribution is -2.18. The molecule has 4 nitrogen and oxygen atoms in total. The van der Waals surface area contributed by atoms with Crippen LogP contribution in [0.3, 0.4) is 0 Å². The van der Waals surface area contributed by atoms with Gasteiger partial charge in [0.1, 0.15) is 0 Å². The van der Waals surface area contributed by atoms with Crippen LogP contribution in [0.15, 0.2) is 60.7 Å². The summed E-state index contributed by atoms with van der Waals surface area (Å²) in [5.41, 5.74) is 1.81. The van der Waals surface area contributed by atoms with Crippen molar-refractivity contribution in [3.05, 3.63) is 88.7 Å². The van der Waals surface area contributed by atoms with Crippen LogP contribution in [-0.4, -0.2) is 16.3 Å². The van der Waals surface area contributed by atoms with Gasteiger partial charge in [0.15, 0.2) is 0 Å². The van der Waals surface area contributed by atoms with E-state index in [1.54, 1.807) is 35.9 Å². The van der Waals surface area contributed by atoms with E-state index in [-0.39, 0.29) is 17.9 Å². The van der Waals surface area contributed by atoms with Crippen LogP contribution in [0.4, 0.5) is 18.9 Å². The average molecular weight is 400 g/mol. The van der Waals surface area contributed by atoms with E-state index in [1.807, 2.05) is 19.1 Å². The minimum absolute atomic E-state index is 0.0648. The van der Waals surface area contributed by atoms with Crippen LogP contribution in [0, 0.1) is 6.92 Å². The lowest BCUT2D eigenvalue weighted by Gasteiger charge is -2.11. The molecule has 0 radical (unpaired) electrons. The molecule has 0 unspecified atom stereocenters. The second-order valence-electron chi connectivity index (χ2n) is 6.77. The number of aromatic nitrogens is 1. The van der Waals surface area contributed by atoms with Crippen molar-refractivity contribution in [1.82, 2.24) is 4.57 Å². The number of nitrogens with zero attached hydrogens (tertiary/aromatic N) is 1. The van der Waals surface area contributed by atoms with Crippen LogP contribution in [-0.2, 0) is 24.4 Å². The number of hydrogen-bond donors (Lipinski definition) is 1. The molecule has 0 atom stereocenters. The first-order valence-electron chi connectivity index (χ1n) is 8.88. The lowest BCUT2D eigenvalue weighted by atomic mass is 10.1. The Kier molecular flexibility index (Phi) is 5.59. The molecule has 29 heavy (non-hydrogen) atoms. The monoisotopic (exact) mass is 400 g/mol. The predicted octanol–water partition coefficient (Wildman–Crippen LogP) is 4.76. The molecule has 0 aliphatic rings. The van der Waals surface area contributed by atoms with Crippen LogP contribution in [0.25, 0.3) is 0 Å². The minimum atomic E-state index is -4.48. The fraction of sp³-hybridized carbons (Fsp3) is 0.182. The van der Waals surface area contributed by atoms with Gasteiger partial charge in [-0.2, -0.15) is 13.2 Å². The Morgan fingerprint density at radius 1 is 1.00 bits per heavy atom. The number of carbonyl (C=O) groups excluding carboxylic acids is 2. The molecular weight excluding hydrogens is 381 g/mol. The van der Waals surface area contributed by atoms with Gasteiger partial charge in [-0.15, -0.1) is 0 Å². The largest absolute Gasteiger partial charge is 0.416 e. The van der Waals surface area contributed by atoms with Crippen molar-refractivity contribution in [1.29, 1.82) is 0 Å². The summed E-state index contributed by atoms with van der Waals surface area (Å²) in [7, 11) is 1.67. The minimum Gasteiger partial charge on any atom is -0.344 e. The molecule has 3 aromatic rings. The normalized spacial score (nSPS) is 11.3. The van der Waals surface area contributed by atoms with Gasteiger partial charge in [0.05, 0.1) is 17.7 Å². The smallest absolute Gasteiger partial charge is 0.344 e. The number of rotatable bonds is 5. The number of aryl methyl sites for hydroxylation is 1. The first-order valence-corrected chi connectivity index (χ1v) is 8.88. The van der Waals surface area contributed by atoms with E-state index in [2.05, 4.69) is 5.32 Å². The van der Waals surface area contributed by atoms with Gasteiger partial charge >= 0.3 is 6.18 Å². The Morgan fingerprint density at radius 2 is 1.69 bits per heavy atom. The number of amides is 1. The maximum Gasteiger partial charge on any atom is 0.416 e. The van der Waals surface area contributed by atoms with Gasteiger partial charge in [-0.05, 0) is 37.3 Å². The van der Waals surface area contributed by atoms with Gasteiger partial charge in [0.2, 0.25) is 11.7 Å². The summed E-state index contributed by atoms with van der Waals surface area (Å²) >= 11 is 0. The van der Waals surface area contributed by atoms with E-state index in [1.165, 1.54) is 12.1 Å². The van der Waals surface area contributed by atoms with E-state index in [4.69, 9.17) is 0 Å². The third kappa shape index (κ3) is 4.74. The third-order valence-corrected chi connectivity index (χ3v) is 4.59. The van der Waals surface area contributed by atoms with Crippen molar-refractivity contribution in [2.75, 3.05) is 5.32 Å². The number of ketones is 1. The molecule has 1 aromatic heterocycles. The summed E-state index contributed by atoms with van der Waals surface area (Å²) in [5, 5.41) is 2.47. The van der Waals surface area contributed by atoms with Crippen molar-refractivity contribution in [3.63, 3.8) is 0 Å². The van der Waals surface area contributed by atoms with E-state index in [0.29, 0.717) is 17.0 Å². The first kappa shape index (κ1) is 20.4. The van der Waals surface area contributed by atoms with Gasteiger partial charge in [0, 0.05) is 24.0 Å². The molecule has 0 saturated carbocycles. The van der Waals surface area contributed by atoms with Crippen molar-refractivity contribution in [2.24, 2.45) is 7.05 Å². The number of hydrogen-bond acceptors (Lipinski definition) is 2. The van der Waals surface area contributed by atoms with E-state index in [9.17, 15) is 22.8 Å². The second kappa shape index (κ2) is 7.95. The Morgan fingerprint density at radius 3 is 2.34 bits per heavy atom. The molecule has 0 saturated heterocycles. The maximum absolute atomic E-state index is 12.8. The van der Waals surface area contributed by atoms with Crippen LogP contribution in [0.1, 0.15) is 32.9 Å². The molecule has 1 heterocycles. The third-order valence-electron chi connectivity index (χ3n) is 4.59. The average Bonchev–Trinajstić information content (AvgIpc) is 3.01. The lowest BCUT2D eigenvalue weighted by molar-refractivity contribution is -0.137. The molecule has 0 fully saturated rings. The fourth-order valence-electron chi connectivity index (χ4n) is 2.95. The summed E-state index contributed by atoms with van der Waals surface area (Å²) in [5.74, 6) is -0.642. The summed E-state index contributed by atoms with van der Waals surface area (Å²) in [4.78, 5) is 25.0. The van der Waals surface area contributed by atoms with Gasteiger partial charge in [0.25, 0.3) is 0 Å². The quantitative estimate of drug-likeness (QED) is 0.628. The van der Waals surface area contributed by atoms with Crippen LogP contribution in [0.5, 0.6) is 0 Å². The summed E-state index contributed by atoms with van der Waals surface area (Å²) in [6.07, 6.45) is -4.56. The predicted molar refractivity (Wildman–Crippen MR) is 104 cm³/mol. The highest BCUT2D eigenvalue weighted by Crippen LogP contribution is 2.30. The Labute approximate surface area is 166 Å². The Hall–Kier alpha value is -3.35. The number of alkyl halides is 3. The zero-order chi connectivity index (χ0) is 21.2. The highest BCUT2D eigenvalue weighted by molar-refractivity contribution is 6.08. The number of halogens is 3. The van der Waals surface area contributed by atoms with Crippen LogP contribution < -0.4 is 5.32 Å². The molecule has 7 heteroatoms. The molecule has 1 amide bonds. The Bertz CT molecular complexity index is 1050. The van der Waals surface area contributed by atoms with Gasteiger partial charge < -0.3 is 9.88 Å². The number of carbonyl (C=O) groups is 2. The zero-order valence-electron chi connectivity index (χ0n) is 15.9. The number of anilines is 1. The van der Waals surface area contributed by atoms with E-state index < -0.39 is 17.6 Å². The van der Waals surface area contributed by atoms with Crippen LogP contribution >= 0.6 is 0 Å². The first-order chi connectivity index (χ1) is 13.6. The molecule has 0 bridgehead atoms. The van der Waals surface area contributed by atoms with Crippen molar-refractivity contribution in [2.45, 2.75) is 19.5 Å². The van der Waals surface area contributed by atoms with Gasteiger partial charge in [-0.1, -0.05) is 35.9 Å². The number of benzene rings is 2. The molecule has 150 valence electrons. The SMILES string of the molecule is Cc1ccc(C(=O)c2ccc(CC(=O)Nc3cccc(C(F)(F)F)c3)n2C)cc1.